The minimum absolute atomic E-state index is 0.432. The number of rotatable bonds is 1. The van der Waals surface area contributed by atoms with Gasteiger partial charge >= 0.3 is 0 Å². The van der Waals surface area contributed by atoms with Crippen LogP contribution >= 0.6 is 31.9 Å². The van der Waals surface area contributed by atoms with E-state index in [1.165, 1.54) is 0 Å². The molecule has 6 heteroatoms. The number of benzene rings is 1. The number of imidazole rings is 1. The Hall–Kier alpha value is -1.40. The molecule has 0 fully saturated rings. The van der Waals surface area contributed by atoms with Gasteiger partial charge in [-0.2, -0.15) is 0 Å². The molecule has 96 valence electrons. The second-order valence-corrected chi connectivity index (χ2v) is 6.06. The molecule has 2 N–H and O–H groups in total. The summed E-state index contributed by atoms with van der Waals surface area (Å²) in [6.07, 6.45) is 1.74. The standard InChI is InChI=1S/C13H10Br2N4/c1-7-2-3-8(14)5-11(7)19-12-10(18-13(19)16)4-9(15)6-17-12/h2-6H,1H3,(H2,16,18). The Balaban J connectivity index is 2.36. The summed E-state index contributed by atoms with van der Waals surface area (Å²) in [5.41, 5.74) is 9.64. The minimum Gasteiger partial charge on any atom is -0.369 e. The van der Waals surface area contributed by atoms with E-state index in [-0.39, 0.29) is 0 Å². The van der Waals surface area contributed by atoms with Crippen molar-refractivity contribution in [2.75, 3.05) is 5.73 Å². The topological polar surface area (TPSA) is 56.7 Å². The fraction of sp³-hybridized carbons (Fsp3) is 0.0769. The number of nitrogens with two attached hydrogens (primary N) is 1. The normalized spacial score (nSPS) is 11.1. The number of nitrogen functional groups attached to an aromatic ring is 1. The van der Waals surface area contributed by atoms with Gasteiger partial charge in [0.15, 0.2) is 5.65 Å². The third-order valence-electron chi connectivity index (χ3n) is 2.90. The molecule has 3 aromatic rings. The number of hydrogen-bond acceptors (Lipinski definition) is 3. The predicted octanol–water partition coefficient (Wildman–Crippen LogP) is 3.84. The highest BCUT2D eigenvalue weighted by Gasteiger charge is 2.13. The Kier molecular flexibility index (Phi) is 3.06. The average Bonchev–Trinajstić information content (AvgIpc) is 2.67. The lowest BCUT2D eigenvalue weighted by molar-refractivity contribution is 1.06. The van der Waals surface area contributed by atoms with E-state index < -0.39 is 0 Å². The number of pyridine rings is 1. The number of halogens is 2. The number of aromatic nitrogens is 3. The van der Waals surface area contributed by atoms with E-state index in [1.807, 2.05) is 35.8 Å². The lowest BCUT2D eigenvalue weighted by atomic mass is 10.2. The quantitative estimate of drug-likeness (QED) is 0.696. The molecule has 0 unspecified atom stereocenters. The first-order chi connectivity index (χ1) is 9.06. The second-order valence-electron chi connectivity index (χ2n) is 4.23. The van der Waals surface area contributed by atoms with Crippen LogP contribution in [0.5, 0.6) is 0 Å². The van der Waals surface area contributed by atoms with Crippen molar-refractivity contribution < 1.29 is 0 Å². The summed E-state index contributed by atoms with van der Waals surface area (Å²) in [4.78, 5) is 8.76. The molecule has 0 saturated heterocycles. The van der Waals surface area contributed by atoms with Gasteiger partial charge in [-0.25, -0.2) is 9.97 Å². The summed E-state index contributed by atoms with van der Waals surface area (Å²) in [5, 5.41) is 0. The second kappa shape index (κ2) is 4.61. The van der Waals surface area contributed by atoms with Crippen molar-refractivity contribution >= 4 is 49.0 Å². The molecular weight excluding hydrogens is 372 g/mol. The Bertz CT molecular complexity index is 780. The molecule has 0 aliphatic rings. The van der Waals surface area contributed by atoms with Crippen molar-refractivity contribution in [3.8, 4) is 5.69 Å². The van der Waals surface area contributed by atoms with Crippen molar-refractivity contribution in [3.63, 3.8) is 0 Å². The van der Waals surface area contributed by atoms with E-state index >= 15 is 0 Å². The van der Waals surface area contributed by atoms with Crippen LogP contribution in [0.1, 0.15) is 5.56 Å². The molecule has 0 radical (unpaired) electrons. The van der Waals surface area contributed by atoms with E-state index in [1.54, 1.807) is 6.20 Å². The van der Waals surface area contributed by atoms with Gasteiger partial charge < -0.3 is 5.73 Å². The first-order valence-corrected chi connectivity index (χ1v) is 7.21. The lowest BCUT2D eigenvalue weighted by Gasteiger charge is -2.09. The summed E-state index contributed by atoms with van der Waals surface area (Å²) in [7, 11) is 0. The van der Waals surface area contributed by atoms with E-state index in [0.29, 0.717) is 5.95 Å². The van der Waals surface area contributed by atoms with Crippen LogP contribution in [0.2, 0.25) is 0 Å². The maximum atomic E-state index is 6.04. The fourth-order valence-corrected chi connectivity index (χ4v) is 2.69. The molecule has 2 aromatic heterocycles. The van der Waals surface area contributed by atoms with Gasteiger partial charge in [0.1, 0.15) is 5.52 Å². The highest BCUT2D eigenvalue weighted by molar-refractivity contribution is 9.10. The average molecular weight is 382 g/mol. The molecule has 0 saturated carbocycles. The van der Waals surface area contributed by atoms with Crippen LogP contribution in [0.4, 0.5) is 5.95 Å². The van der Waals surface area contributed by atoms with Crippen molar-refractivity contribution in [1.82, 2.24) is 14.5 Å². The van der Waals surface area contributed by atoms with Crippen LogP contribution in [0, 0.1) is 6.92 Å². The van der Waals surface area contributed by atoms with Crippen molar-refractivity contribution in [2.24, 2.45) is 0 Å². The summed E-state index contributed by atoms with van der Waals surface area (Å²) >= 11 is 6.87. The summed E-state index contributed by atoms with van der Waals surface area (Å²) in [5.74, 6) is 0.432. The van der Waals surface area contributed by atoms with Crippen LogP contribution in [-0.2, 0) is 0 Å². The fourth-order valence-electron chi connectivity index (χ4n) is 2.02. The maximum absolute atomic E-state index is 6.04. The van der Waals surface area contributed by atoms with Crippen LogP contribution in [0.25, 0.3) is 16.9 Å². The monoisotopic (exact) mass is 380 g/mol. The first kappa shape index (κ1) is 12.6. The minimum atomic E-state index is 0.432. The number of fused-ring (bicyclic) bond motifs is 1. The molecule has 0 aliphatic carbocycles. The van der Waals surface area contributed by atoms with Gasteiger partial charge in [0.05, 0.1) is 5.69 Å². The Morgan fingerprint density at radius 3 is 2.74 bits per heavy atom. The Morgan fingerprint density at radius 2 is 1.95 bits per heavy atom. The van der Waals surface area contributed by atoms with Gasteiger partial charge in [-0.15, -0.1) is 0 Å². The highest BCUT2D eigenvalue weighted by atomic mass is 79.9. The van der Waals surface area contributed by atoms with Crippen molar-refractivity contribution in [1.29, 1.82) is 0 Å². The number of anilines is 1. The van der Waals surface area contributed by atoms with Crippen LogP contribution in [-0.4, -0.2) is 14.5 Å². The Morgan fingerprint density at radius 1 is 1.16 bits per heavy atom. The van der Waals surface area contributed by atoms with Gasteiger partial charge in [0, 0.05) is 15.1 Å². The van der Waals surface area contributed by atoms with Crippen molar-refractivity contribution in [2.45, 2.75) is 6.92 Å². The Labute approximate surface area is 126 Å². The summed E-state index contributed by atoms with van der Waals surface area (Å²) < 4.78 is 3.74. The van der Waals surface area contributed by atoms with Gasteiger partial charge in [0.25, 0.3) is 0 Å². The molecule has 3 rings (SSSR count). The SMILES string of the molecule is Cc1ccc(Br)cc1-n1c(N)nc2cc(Br)cnc21. The number of hydrogen-bond donors (Lipinski definition) is 1. The molecule has 0 atom stereocenters. The summed E-state index contributed by atoms with van der Waals surface area (Å²) in [6.45, 7) is 2.03. The zero-order valence-corrected chi connectivity index (χ0v) is 13.2. The molecule has 19 heavy (non-hydrogen) atoms. The molecule has 0 amide bonds. The van der Waals surface area contributed by atoms with Gasteiger partial charge in [-0.3, -0.25) is 4.57 Å². The molecule has 0 bridgehead atoms. The van der Waals surface area contributed by atoms with Crippen LogP contribution in [0.15, 0.2) is 39.4 Å². The van der Waals surface area contributed by atoms with Crippen LogP contribution < -0.4 is 5.73 Å². The third-order valence-corrected chi connectivity index (χ3v) is 3.83. The van der Waals surface area contributed by atoms with E-state index in [2.05, 4.69) is 41.8 Å². The van der Waals surface area contributed by atoms with Gasteiger partial charge in [-0.1, -0.05) is 22.0 Å². The molecular formula is C13H10Br2N4. The summed E-state index contributed by atoms with van der Waals surface area (Å²) in [6, 6.07) is 7.95. The zero-order valence-electron chi connectivity index (χ0n) is 10.1. The highest BCUT2D eigenvalue weighted by Crippen LogP contribution is 2.27. The molecule has 2 heterocycles. The lowest BCUT2D eigenvalue weighted by Crippen LogP contribution is -2.03. The smallest absolute Gasteiger partial charge is 0.207 e. The van der Waals surface area contributed by atoms with Crippen LogP contribution in [0.3, 0.4) is 0 Å². The third kappa shape index (κ3) is 2.15. The van der Waals surface area contributed by atoms with Crippen molar-refractivity contribution in [3.05, 3.63) is 45.0 Å². The first-order valence-electron chi connectivity index (χ1n) is 5.62. The van der Waals surface area contributed by atoms with Gasteiger partial charge in [0.2, 0.25) is 5.95 Å². The van der Waals surface area contributed by atoms with E-state index in [9.17, 15) is 0 Å². The molecule has 1 aromatic carbocycles. The molecule has 0 spiro atoms. The molecule has 4 nitrogen and oxygen atoms in total. The largest absolute Gasteiger partial charge is 0.369 e. The number of nitrogens with zero attached hydrogens (tertiary/aromatic N) is 3. The van der Waals surface area contributed by atoms with Gasteiger partial charge in [-0.05, 0) is 46.6 Å². The maximum Gasteiger partial charge on any atom is 0.207 e. The molecule has 0 aliphatic heterocycles. The number of aryl methyl sites for hydroxylation is 1. The predicted molar refractivity (Wildman–Crippen MR) is 83.4 cm³/mol. The van der Waals surface area contributed by atoms with E-state index in [0.717, 1.165) is 31.4 Å². The van der Waals surface area contributed by atoms with E-state index in [4.69, 9.17) is 5.73 Å². The zero-order chi connectivity index (χ0) is 13.6.